The van der Waals surface area contributed by atoms with Crippen LogP contribution in [0, 0.1) is 6.92 Å². The van der Waals surface area contributed by atoms with Crippen LogP contribution in [0.4, 0.5) is 11.4 Å². The lowest BCUT2D eigenvalue weighted by molar-refractivity contribution is 1.25. The van der Waals surface area contributed by atoms with Crippen molar-refractivity contribution in [3.63, 3.8) is 0 Å². The van der Waals surface area contributed by atoms with Crippen molar-refractivity contribution in [1.82, 2.24) is 0 Å². The summed E-state index contributed by atoms with van der Waals surface area (Å²) in [6, 6.07) is 16.5. The van der Waals surface area contributed by atoms with Crippen molar-refractivity contribution in [1.29, 1.82) is 0 Å². The fourth-order valence-corrected chi connectivity index (χ4v) is 1.95. The average molecular weight is 235 g/mol. The molecule has 2 aromatic rings. The Morgan fingerprint density at radius 2 is 1.61 bits per heavy atom. The summed E-state index contributed by atoms with van der Waals surface area (Å²) in [6.45, 7) is 9.77. The van der Waals surface area contributed by atoms with E-state index in [2.05, 4.69) is 61.4 Å². The van der Waals surface area contributed by atoms with E-state index in [-0.39, 0.29) is 0 Å². The molecule has 2 rings (SSSR count). The summed E-state index contributed by atoms with van der Waals surface area (Å²) < 4.78 is 0. The molecule has 0 saturated carbocycles. The van der Waals surface area contributed by atoms with Crippen molar-refractivity contribution in [2.24, 2.45) is 0 Å². The molecule has 0 saturated heterocycles. The van der Waals surface area contributed by atoms with Crippen molar-refractivity contribution in [3.05, 3.63) is 79.0 Å². The summed E-state index contributed by atoms with van der Waals surface area (Å²) in [5.74, 6) is 0. The van der Waals surface area contributed by atoms with Gasteiger partial charge in [0.25, 0.3) is 0 Å². The Hall–Kier alpha value is -2.28. The van der Waals surface area contributed by atoms with Crippen LogP contribution in [-0.2, 0) is 0 Å². The Morgan fingerprint density at radius 1 is 0.944 bits per heavy atom. The van der Waals surface area contributed by atoms with E-state index >= 15 is 0 Å². The van der Waals surface area contributed by atoms with Crippen molar-refractivity contribution in [3.8, 4) is 0 Å². The highest BCUT2D eigenvalue weighted by Gasteiger charge is 2.07. The second-order valence-corrected chi connectivity index (χ2v) is 4.13. The van der Waals surface area contributed by atoms with Gasteiger partial charge in [0.2, 0.25) is 0 Å². The lowest BCUT2D eigenvalue weighted by atomic mass is 10.1. The quantitative estimate of drug-likeness (QED) is 0.727. The SMILES string of the molecule is C=Cc1ccc(N(C=C)c2ccccc2C)cc1. The van der Waals surface area contributed by atoms with Crippen LogP contribution in [0.25, 0.3) is 6.08 Å². The number of hydrogen-bond acceptors (Lipinski definition) is 1. The van der Waals surface area contributed by atoms with Crippen molar-refractivity contribution in [2.45, 2.75) is 6.92 Å². The molecular weight excluding hydrogens is 218 g/mol. The van der Waals surface area contributed by atoms with Crippen LogP contribution in [0.3, 0.4) is 0 Å². The van der Waals surface area contributed by atoms with E-state index in [1.165, 1.54) is 5.56 Å². The molecule has 0 spiro atoms. The van der Waals surface area contributed by atoms with Crippen LogP contribution in [-0.4, -0.2) is 0 Å². The maximum atomic E-state index is 3.90. The maximum absolute atomic E-state index is 3.90. The molecule has 1 heteroatoms. The standard InChI is InChI=1S/C17H17N/c1-4-15-10-12-16(13-11-15)18(5-2)17-9-7-6-8-14(17)3/h4-13H,1-2H2,3H3. The topological polar surface area (TPSA) is 3.24 Å². The molecule has 0 aliphatic heterocycles. The average Bonchev–Trinajstić information content (AvgIpc) is 2.42. The molecule has 0 aromatic heterocycles. The molecule has 0 aliphatic rings. The molecule has 1 nitrogen and oxygen atoms in total. The second kappa shape index (κ2) is 5.37. The van der Waals surface area contributed by atoms with Gasteiger partial charge in [0.05, 0.1) is 0 Å². The van der Waals surface area contributed by atoms with Crippen molar-refractivity contribution >= 4 is 17.5 Å². The van der Waals surface area contributed by atoms with E-state index in [9.17, 15) is 0 Å². The second-order valence-electron chi connectivity index (χ2n) is 4.13. The van der Waals surface area contributed by atoms with Crippen LogP contribution in [0.1, 0.15) is 11.1 Å². The van der Waals surface area contributed by atoms with Crippen LogP contribution >= 0.6 is 0 Å². The van der Waals surface area contributed by atoms with Gasteiger partial charge in [-0.2, -0.15) is 0 Å². The van der Waals surface area contributed by atoms with Gasteiger partial charge >= 0.3 is 0 Å². The van der Waals surface area contributed by atoms with Crippen LogP contribution in [0.5, 0.6) is 0 Å². The predicted octanol–water partition coefficient (Wildman–Crippen LogP) is 4.92. The summed E-state index contributed by atoms with van der Waals surface area (Å²) in [6.07, 6.45) is 3.68. The molecule has 0 N–H and O–H groups in total. The number of aryl methyl sites for hydroxylation is 1. The number of anilines is 2. The Bertz CT molecular complexity index is 552. The third-order valence-electron chi connectivity index (χ3n) is 2.96. The van der Waals surface area contributed by atoms with E-state index in [1.807, 2.05) is 24.4 Å². The van der Waals surface area contributed by atoms with E-state index in [4.69, 9.17) is 0 Å². The maximum Gasteiger partial charge on any atom is 0.0484 e. The summed E-state index contributed by atoms with van der Waals surface area (Å²) in [5, 5.41) is 0. The molecule has 2 aromatic carbocycles. The first-order chi connectivity index (χ1) is 8.76. The van der Waals surface area contributed by atoms with Gasteiger partial charge in [0, 0.05) is 17.6 Å². The summed E-state index contributed by atoms with van der Waals surface area (Å²) in [7, 11) is 0. The molecule has 0 fully saturated rings. The molecule has 0 unspecified atom stereocenters. The molecule has 0 heterocycles. The molecule has 18 heavy (non-hydrogen) atoms. The molecular formula is C17H17N. The van der Waals surface area contributed by atoms with E-state index in [0.717, 1.165) is 16.9 Å². The zero-order valence-electron chi connectivity index (χ0n) is 10.6. The molecule has 90 valence electrons. The zero-order chi connectivity index (χ0) is 13.0. The molecule has 0 amide bonds. The molecule has 0 radical (unpaired) electrons. The number of para-hydroxylation sites is 1. The minimum absolute atomic E-state index is 1.10. The van der Waals surface area contributed by atoms with Gasteiger partial charge in [-0.25, -0.2) is 0 Å². The Morgan fingerprint density at radius 3 is 2.17 bits per heavy atom. The Balaban J connectivity index is 2.42. The third-order valence-corrected chi connectivity index (χ3v) is 2.96. The highest BCUT2D eigenvalue weighted by Crippen LogP contribution is 2.28. The van der Waals surface area contributed by atoms with Gasteiger partial charge in [-0.05, 0) is 36.2 Å². The largest absolute Gasteiger partial charge is 0.318 e. The zero-order valence-corrected chi connectivity index (χ0v) is 10.6. The first-order valence-electron chi connectivity index (χ1n) is 5.96. The number of rotatable bonds is 4. The lowest BCUT2D eigenvalue weighted by Crippen LogP contribution is -2.08. The Kier molecular flexibility index (Phi) is 3.63. The van der Waals surface area contributed by atoms with Gasteiger partial charge in [0.15, 0.2) is 0 Å². The first kappa shape index (κ1) is 12.2. The van der Waals surface area contributed by atoms with E-state index in [1.54, 1.807) is 0 Å². The smallest absolute Gasteiger partial charge is 0.0484 e. The summed E-state index contributed by atoms with van der Waals surface area (Å²) in [4.78, 5) is 2.09. The fraction of sp³-hybridized carbons (Fsp3) is 0.0588. The Labute approximate surface area is 109 Å². The van der Waals surface area contributed by atoms with Gasteiger partial charge in [-0.15, -0.1) is 0 Å². The minimum Gasteiger partial charge on any atom is -0.318 e. The third kappa shape index (κ3) is 2.35. The number of nitrogens with zero attached hydrogens (tertiary/aromatic N) is 1. The van der Waals surface area contributed by atoms with Crippen molar-refractivity contribution < 1.29 is 0 Å². The van der Waals surface area contributed by atoms with Gasteiger partial charge < -0.3 is 4.90 Å². The predicted molar refractivity (Wildman–Crippen MR) is 80.0 cm³/mol. The molecule has 0 bridgehead atoms. The number of hydrogen-bond donors (Lipinski definition) is 0. The van der Waals surface area contributed by atoms with Crippen LogP contribution in [0.15, 0.2) is 67.9 Å². The van der Waals surface area contributed by atoms with E-state index < -0.39 is 0 Å². The van der Waals surface area contributed by atoms with Gasteiger partial charge in [-0.3, -0.25) is 0 Å². The molecule has 0 atom stereocenters. The first-order valence-corrected chi connectivity index (χ1v) is 5.96. The van der Waals surface area contributed by atoms with Crippen molar-refractivity contribution in [2.75, 3.05) is 4.90 Å². The van der Waals surface area contributed by atoms with Crippen LogP contribution < -0.4 is 4.90 Å². The highest BCUT2D eigenvalue weighted by molar-refractivity contribution is 5.69. The van der Waals surface area contributed by atoms with Gasteiger partial charge in [0.1, 0.15) is 0 Å². The minimum atomic E-state index is 1.10. The summed E-state index contributed by atoms with van der Waals surface area (Å²) in [5.41, 5.74) is 4.60. The van der Waals surface area contributed by atoms with Crippen LogP contribution in [0.2, 0.25) is 0 Å². The van der Waals surface area contributed by atoms with Gasteiger partial charge in [-0.1, -0.05) is 49.6 Å². The normalized spacial score (nSPS) is 9.83. The molecule has 0 aliphatic carbocycles. The number of benzene rings is 2. The highest BCUT2D eigenvalue weighted by atomic mass is 15.1. The summed E-state index contributed by atoms with van der Waals surface area (Å²) >= 11 is 0. The monoisotopic (exact) mass is 235 g/mol. The lowest BCUT2D eigenvalue weighted by Gasteiger charge is -2.22. The van der Waals surface area contributed by atoms with E-state index in [0.29, 0.717) is 0 Å². The fourth-order valence-electron chi connectivity index (χ4n) is 1.95.